The molecule has 0 heterocycles. The van der Waals surface area contributed by atoms with Gasteiger partial charge in [-0.05, 0) is 36.1 Å². The highest BCUT2D eigenvalue weighted by atomic mass is 79.9. The Morgan fingerprint density at radius 2 is 2.00 bits per heavy atom. The van der Waals surface area contributed by atoms with Gasteiger partial charge in [0, 0.05) is 9.37 Å². The summed E-state index contributed by atoms with van der Waals surface area (Å²) in [6.45, 7) is 7.34. The monoisotopic (exact) mass is 373 g/mol. The Hall–Kier alpha value is -1.01. The van der Waals surface area contributed by atoms with Gasteiger partial charge >= 0.3 is 5.97 Å². The molecule has 0 spiro atoms. The zero-order valence-corrected chi connectivity index (χ0v) is 15.0. The van der Waals surface area contributed by atoms with E-state index in [-0.39, 0.29) is 11.7 Å². The number of hydrogen-bond donors (Lipinski definition) is 2. The molecule has 116 valence electrons. The third kappa shape index (κ3) is 5.71. The molecule has 6 heteroatoms. The Kier molecular flexibility index (Phi) is 6.28. The van der Waals surface area contributed by atoms with Crippen LogP contribution < -0.4 is 5.32 Å². The molecule has 21 heavy (non-hydrogen) atoms. The van der Waals surface area contributed by atoms with E-state index >= 15 is 0 Å². The highest BCUT2D eigenvalue weighted by molar-refractivity contribution is 9.10. The van der Waals surface area contributed by atoms with Crippen LogP contribution in [0.15, 0.2) is 27.6 Å². The molecule has 0 aliphatic heterocycles. The van der Waals surface area contributed by atoms with Crippen molar-refractivity contribution in [2.24, 2.45) is 5.41 Å². The molecule has 0 aromatic heterocycles. The van der Waals surface area contributed by atoms with Crippen LogP contribution in [-0.4, -0.2) is 28.8 Å². The smallest absolute Gasteiger partial charge is 0.326 e. The van der Waals surface area contributed by atoms with Crippen molar-refractivity contribution >= 4 is 39.6 Å². The van der Waals surface area contributed by atoms with Crippen LogP contribution >= 0.6 is 27.7 Å². The van der Waals surface area contributed by atoms with Crippen LogP contribution in [0.1, 0.15) is 26.3 Å². The summed E-state index contributed by atoms with van der Waals surface area (Å²) in [6.07, 6.45) is 0. The standard InChI is InChI=1S/C15H20BrNO3S/c1-9-7-10(16)5-6-11(9)21-8-12(18)17-13(14(19)20)15(2,3)4/h5-7,13H,8H2,1-4H3,(H,17,18)(H,19,20)/t13-/m0/s1. The number of hydrogen-bond acceptors (Lipinski definition) is 3. The molecule has 0 fully saturated rings. The Morgan fingerprint density at radius 1 is 1.38 bits per heavy atom. The second-order valence-electron chi connectivity index (χ2n) is 5.90. The second-order valence-corrected chi connectivity index (χ2v) is 7.84. The number of aliphatic carboxylic acids is 1. The summed E-state index contributed by atoms with van der Waals surface area (Å²) in [5.74, 6) is -1.09. The van der Waals surface area contributed by atoms with Crippen molar-refractivity contribution in [1.82, 2.24) is 5.32 Å². The average molecular weight is 374 g/mol. The topological polar surface area (TPSA) is 66.4 Å². The number of amides is 1. The third-order valence-corrected chi connectivity index (χ3v) is 4.58. The average Bonchev–Trinajstić information content (AvgIpc) is 2.33. The Bertz CT molecular complexity index is 540. The predicted molar refractivity (Wildman–Crippen MR) is 88.6 cm³/mol. The number of carboxylic acids is 1. The lowest BCUT2D eigenvalue weighted by molar-refractivity contribution is -0.144. The number of carbonyl (C=O) groups is 2. The Labute approximate surface area is 137 Å². The number of rotatable bonds is 5. The second kappa shape index (κ2) is 7.31. The maximum absolute atomic E-state index is 12.0. The summed E-state index contributed by atoms with van der Waals surface area (Å²) in [4.78, 5) is 24.2. The lowest BCUT2D eigenvalue weighted by Crippen LogP contribution is -2.49. The molecule has 1 atom stereocenters. The molecule has 0 bridgehead atoms. The van der Waals surface area contributed by atoms with Crippen LogP contribution in [0.2, 0.25) is 0 Å². The minimum absolute atomic E-state index is 0.197. The fraction of sp³-hybridized carbons (Fsp3) is 0.467. The third-order valence-electron chi connectivity index (χ3n) is 2.91. The number of thioether (sulfide) groups is 1. The molecular weight excluding hydrogens is 354 g/mol. The largest absolute Gasteiger partial charge is 0.480 e. The zero-order valence-electron chi connectivity index (χ0n) is 12.6. The first-order chi connectivity index (χ1) is 9.61. The van der Waals surface area contributed by atoms with Gasteiger partial charge < -0.3 is 10.4 Å². The minimum atomic E-state index is -1.01. The maximum Gasteiger partial charge on any atom is 0.326 e. The van der Waals surface area contributed by atoms with Gasteiger partial charge in [-0.2, -0.15) is 0 Å². The number of benzene rings is 1. The number of halogens is 1. The lowest BCUT2D eigenvalue weighted by atomic mass is 9.87. The minimum Gasteiger partial charge on any atom is -0.480 e. The van der Waals surface area contributed by atoms with Crippen molar-refractivity contribution in [2.75, 3.05) is 5.75 Å². The van der Waals surface area contributed by atoms with Gasteiger partial charge in [0.1, 0.15) is 6.04 Å². The molecule has 2 N–H and O–H groups in total. The van der Waals surface area contributed by atoms with E-state index in [0.29, 0.717) is 0 Å². The molecule has 1 rings (SSSR count). The van der Waals surface area contributed by atoms with E-state index in [1.807, 2.05) is 25.1 Å². The first kappa shape index (κ1) is 18.0. The zero-order chi connectivity index (χ0) is 16.2. The molecule has 1 aromatic rings. The van der Waals surface area contributed by atoms with Gasteiger partial charge in [-0.1, -0.05) is 36.7 Å². The Morgan fingerprint density at radius 3 is 2.48 bits per heavy atom. The number of carboxylic acid groups (broad SMARTS) is 1. The fourth-order valence-electron chi connectivity index (χ4n) is 1.77. The van der Waals surface area contributed by atoms with Crippen molar-refractivity contribution in [1.29, 1.82) is 0 Å². The van der Waals surface area contributed by atoms with Gasteiger partial charge in [-0.25, -0.2) is 4.79 Å². The van der Waals surface area contributed by atoms with Gasteiger partial charge in [-0.3, -0.25) is 4.79 Å². The van der Waals surface area contributed by atoms with E-state index in [4.69, 9.17) is 0 Å². The van der Waals surface area contributed by atoms with E-state index in [1.54, 1.807) is 20.8 Å². The van der Waals surface area contributed by atoms with E-state index in [1.165, 1.54) is 11.8 Å². The normalized spacial score (nSPS) is 12.8. The first-order valence-corrected chi connectivity index (χ1v) is 8.30. The summed E-state index contributed by atoms with van der Waals surface area (Å²) < 4.78 is 0.993. The Balaban J connectivity index is 2.63. The van der Waals surface area contributed by atoms with Crippen molar-refractivity contribution in [3.8, 4) is 0 Å². The van der Waals surface area contributed by atoms with Crippen LogP contribution in [0.4, 0.5) is 0 Å². The molecule has 0 aliphatic rings. The van der Waals surface area contributed by atoms with Crippen LogP contribution in [-0.2, 0) is 9.59 Å². The summed E-state index contributed by atoms with van der Waals surface area (Å²) >= 11 is 4.80. The van der Waals surface area contributed by atoms with E-state index in [2.05, 4.69) is 21.2 Å². The van der Waals surface area contributed by atoms with Gasteiger partial charge in [0.15, 0.2) is 0 Å². The van der Waals surface area contributed by atoms with Crippen molar-refractivity contribution < 1.29 is 14.7 Å². The summed E-state index contributed by atoms with van der Waals surface area (Å²) in [6, 6.07) is 4.95. The van der Waals surface area contributed by atoms with Gasteiger partial charge in [0.2, 0.25) is 5.91 Å². The molecule has 0 aliphatic carbocycles. The van der Waals surface area contributed by atoms with Crippen molar-refractivity contribution in [2.45, 2.75) is 38.6 Å². The molecule has 1 amide bonds. The molecule has 4 nitrogen and oxygen atoms in total. The fourth-order valence-corrected chi connectivity index (χ4v) is 3.07. The van der Waals surface area contributed by atoms with Crippen LogP contribution in [0.5, 0.6) is 0 Å². The van der Waals surface area contributed by atoms with Crippen LogP contribution in [0.25, 0.3) is 0 Å². The lowest BCUT2D eigenvalue weighted by Gasteiger charge is -2.27. The quantitative estimate of drug-likeness (QED) is 0.775. The molecule has 0 unspecified atom stereocenters. The van der Waals surface area contributed by atoms with Gasteiger partial charge in [0.05, 0.1) is 5.75 Å². The SMILES string of the molecule is Cc1cc(Br)ccc1SCC(=O)N[C@@H](C(=O)O)C(C)(C)C. The van der Waals surface area contributed by atoms with Gasteiger partial charge in [0.25, 0.3) is 0 Å². The molecular formula is C15H20BrNO3S. The van der Waals surface area contributed by atoms with E-state index < -0.39 is 17.4 Å². The molecule has 0 saturated heterocycles. The van der Waals surface area contributed by atoms with Gasteiger partial charge in [-0.15, -0.1) is 11.8 Å². The van der Waals surface area contributed by atoms with Crippen molar-refractivity contribution in [3.05, 3.63) is 28.2 Å². The summed E-state index contributed by atoms with van der Waals surface area (Å²) in [5.41, 5.74) is 0.549. The van der Waals surface area contributed by atoms with Crippen molar-refractivity contribution in [3.63, 3.8) is 0 Å². The number of aryl methyl sites for hydroxylation is 1. The molecule has 1 aromatic carbocycles. The highest BCUT2D eigenvalue weighted by Gasteiger charge is 2.32. The maximum atomic E-state index is 12.0. The highest BCUT2D eigenvalue weighted by Crippen LogP contribution is 2.25. The van der Waals surface area contributed by atoms with Crippen LogP contribution in [0.3, 0.4) is 0 Å². The number of nitrogens with one attached hydrogen (secondary N) is 1. The van der Waals surface area contributed by atoms with Crippen LogP contribution in [0, 0.1) is 12.3 Å². The predicted octanol–water partition coefficient (Wildman–Crippen LogP) is 3.47. The summed E-state index contributed by atoms with van der Waals surface area (Å²) in [7, 11) is 0. The molecule has 0 radical (unpaired) electrons. The first-order valence-electron chi connectivity index (χ1n) is 6.52. The van der Waals surface area contributed by atoms with E-state index in [0.717, 1.165) is 14.9 Å². The molecule has 0 saturated carbocycles. The summed E-state index contributed by atoms with van der Waals surface area (Å²) in [5, 5.41) is 11.8. The van der Waals surface area contributed by atoms with E-state index in [9.17, 15) is 14.7 Å². The number of carbonyl (C=O) groups excluding carboxylic acids is 1.